The van der Waals surface area contributed by atoms with E-state index in [-0.39, 0.29) is 5.41 Å². The van der Waals surface area contributed by atoms with E-state index < -0.39 is 0 Å². The predicted octanol–water partition coefficient (Wildman–Crippen LogP) is 3.31. The van der Waals surface area contributed by atoms with Gasteiger partial charge < -0.3 is 4.90 Å². The Morgan fingerprint density at radius 3 is 2.52 bits per heavy atom. The Bertz CT molecular complexity index is 617. The third-order valence-electron chi connectivity index (χ3n) is 4.43. The van der Waals surface area contributed by atoms with Crippen molar-refractivity contribution in [1.82, 2.24) is 14.8 Å². The molecule has 0 bridgehead atoms. The molecular weight excluding hydrogens is 302 g/mol. The van der Waals surface area contributed by atoms with Crippen molar-refractivity contribution in [3.05, 3.63) is 66.0 Å². The van der Waals surface area contributed by atoms with E-state index in [1.807, 2.05) is 12.3 Å². The first-order valence-corrected chi connectivity index (χ1v) is 8.54. The van der Waals surface area contributed by atoms with E-state index >= 15 is 0 Å². The lowest BCUT2D eigenvalue weighted by molar-refractivity contribution is 0.166. The fourth-order valence-electron chi connectivity index (χ4n) is 3.48. The van der Waals surface area contributed by atoms with Crippen LogP contribution in [0.1, 0.15) is 24.6 Å². The highest BCUT2D eigenvalue weighted by Gasteiger charge is 2.46. The van der Waals surface area contributed by atoms with Crippen LogP contribution in [0.4, 0.5) is 0 Å². The van der Waals surface area contributed by atoms with Crippen LogP contribution in [0.15, 0.2) is 54.7 Å². The summed E-state index contributed by atoms with van der Waals surface area (Å²) in [5, 5.41) is 0. The number of benzene rings is 1. The molecule has 2 heterocycles. The monoisotopic (exact) mass is 325 g/mol. The molecule has 3 nitrogen and oxygen atoms in total. The average Bonchev–Trinajstić information content (AvgIpc) is 2.59. The van der Waals surface area contributed by atoms with Crippen molar-refractivity contribution < 1.29 is 0 Å². The molecule has 2 aromatic rings. The van der Waals surface area contributed by atoms with Gasteiger partial charge in [0.1, 0.15) is 5.41 Å². The van der Waals surface area contributed by atoms with Gasteiger partial charge in [-0.25, -0.2) is 0 Å². The minimum absolute atomic E-state index is 0.361. The normalized spacial score (nSPS) is 22.3. The van der Waals surface area contributed by atoms with E-state index in [2.05, 4.69) is 71.2 Å². The molecule has 1 aromatic heterocycles. The summed E-state index contributed by atoms with van der Waals surface area (Å²) in [6, 6.07) is 16.7. The third-order valence-corrected chi connectivity index (χ3v) is 5.04. The molecule has 0 N–H and O–H groups in total. The second kappa shape index (κ2) is 6.77. The Kier molecular flexibility index (Phi) is 4.74. The summed E-state index contributed by atoms with van der Waals surface area (Å²) >= 11 is 6.00. The Morgan fingerprint density at radius 1 is 1.13 bits per heavy atom. The number of rotatable bonds is 4. The zero-order valence-electron chi connectivity index (χ0n) is 13.8. The quantitative estimate of drug-likeness (QED) is 0.803. The number of aromatic nitrogens is 1. The number of pyridine rings is 1. The highest BCUT2D eigenvalue weighted by atomic mass is 32.1. The van der Waals surface area contributed by atoms with E-state index in [1.165, 1.54) is 5.56 Å². The van der Waals surface area contributed by atoms with Crippen molar-refractivity contribution >= 4 is 17.2 Å². The van der Waals surface area contributed by atoms with Gasteiger partial charge in [-0.3, -0.25) is 9.88 Å². The lowest BCUT2D eigenvalue weighted by Gasteiger charge is -2.48. The second-order valence-corrected chi connectivity index (χ2v) is 6.60. The molecule has 120 valence electrons. The maximum atomic E-state index is 6.00. The van der Waals surface area contributed by atoms with Crippen LogP contribution in [0.25, 0.3) is 0 Å². The van der Waals surface area contributed by atoms with Crippen LogP contribution >= 0.6 is 12.2 Å². The van der Waals surface area contributed by atoms with Gasteiger partial charge in [-0.1, -0.05) is 55.5 Å². The maximum absolute atomic E-state index is 6.00. The Labute approximate surface area is 144 Å². The van der Waals surface area contributed by atoms with Crippen LogP contribution in [-0.2, 0) is 5.41 Å². The fraction of sp³-hybridized carbons (Fsp3) is 0.368. The van der Waals surface area contributed by atoms with E-state index in [0.717, 1.165) is 36.9 Å². The molecule has 1 unspecified atom stereocenters. The lowest BCUT2D eigenvalue weighted by atomic mass is 9.75. The zero-order chi connectivity index (χ0) is 16.3. The van der Waals surface area contributed by atoms with E-state index in [1.54, 1.807) is 0 Å². The molecule has 1 atom stereocenters. The second-order valence-electron chi connectivity index (χ2n) is 6.21. The van der Waals surface area contributed by atoms with Gasteiger partial charge >= 0.3 is 0 Å². The summed E-state index contributed by atoms with van der Waals surface area (Å²) in [6.45, 7) is 4.91. The lowest BCUT2D eigenvalue weighted by Crippen LogP contribution is -2.60. The molecule has 1 aliphatic heterocycles. The first kappa shape index (κ1) is 16.1. The van der Waals surface area contributed by atoms with Crippen LogP contribution in [0.3, 0.4) is 0 Å². The molecule has 0 spiro atoms. The molecule has 1 aliphatic rings. The van der Waals surface area contributed by atoms with Crippen LogP contribution in [0, 0.1) is 0 Å². The largest absolute Gasteiger partial charge is 0.352 e. The SMILES string of the molecule is CCCN1CN(C)CC(c2ccccc2)(c2ccccn2)C1=S. The average molecular weight is 325 g/mol. The molecule has 1 fully saturated rings. The zero-order valence-corrected chi connectivity index (χ0v) is 14.6. The molecular formula is C19H23N3S. The summed E-state index contributed by atoms with van der Waals surface area (Å²) in [5.74, 6) is 0. The topological polar surface area (TPSA) is 19.4 Å². The number of hydrogen-bond donors (Lipinski definition) is 0. The molecule has 3 rings (SSSR count). The van der Waals surface area contributed by atoms with Gasteiger partial charge in [0.2, 0.25) is 0 Å². The number of thiocarbonyl (C=S) groups is 1. The smallest absolute Gasteiger partial charge is 0.100 e. The number of nitrogens with zero attached hydrogens (tertiary/aromatic N) is 3. The van der Waals surface area contributed by atoms with Gasteiger partial charge in [-0.2, -0.15) is 0 Å². The van der Waals surface area contributed by atoms with Crippen molar-refractivity contribution in [3.63, 3.8) is 0 Å². The van der Waals surface area contributed by atoms with Crippen molar-refractivity contribution in [2.24, 2.45) is 0 Å². The molecule has 23 heavy (non-hydrogen) atoms. The van der Waals surface area contributed by atoms with Gasteiger partial charge in [0.15, 0.2) is 0 Å². The van der Waals surface area contributed by atoms with Gasteiger partial charge in [-0.15, -0.1) is 0 Å². The van der Waals surface area contributed by atoms with Crippen LogP contribution in [-0.4, -0.2) is 46.6 Å². The van der Waals surface area contributed by atoms with Crippen molar-refractivity contribution in [2.75, 3.05) is 26.8 Å². The van der Waals surface area contributed by atoms with Gasteiger partial charge in [-0.05, 0) is 31.2 Å². The molecule has 1 aromatic carbocycles. The Balaban J connectivity index is 2.17. The van der Waals surface area contributed by atoms with Gasteiger partial charge in [0.05, 0.1) is 17.4 Å². The molecule has 0 radical (unpaired) electrons. The van der Waals surface area contributed by atoms with E-state index in [4.69, 9.17) is 12.2 Å². The molecule has 0 aliphatic carbocycles. The van der Waals surface area contributed by atoms with Crippen molar-refractivity contribution in [1.29, 1.82) is 0 Å². The summed E-state index contributed by atoms with van der Waals surface area (Å²) < 4.78 is 0. The van der Waals surface area contributed by atoms with Crippen LogP contribution < -0.4 is 0 Å². The van der Waals surface area contributed by atoms with Crippen LogP contribution in [0.5, 0.6) is 0 Å². The number of hydrogen-bond acceptors (Lipinski definition) is 3. The molecule has 0 saturated carbocycles. The Hall–Kier alpha value is -1.78. The highest BCUT2D eigenvalue weighted by molar-refractivity contribution is 7.80. The summed E-state index contributed by atoms with van der Waals surface area (Å²) in [5.41, 5.74) is 1.89. The van der Waals surface area contributed by atoms with Crippen molar-refractivity contribution in [3.8, 4) is 0 Å². The fourth-order valence-corrected chi connectivity index (χ4v) is 3.92. The van der Waals surface area contributed by atoms with E-state index in [0.29, 0.717) is 0 Å². The Morgan fingerprint density at radius 2 is 1.87 bits per heavy atom. The molecule has 1 saturated heterocycles. The summed E-state index contributed by atoms with van der Waals surface area (Å²) in [4.78, 5) is 10.3. The molecule has 4 heteroatoms. The minimum Gasteiger partial charge on any atom is -0.352 e. The van der Waals surface area contributed by atoms with Crippen molar-refractivity contribution in [2.45, 2.75) is 18.8 Å². The summed E-state index contributed by atoms with van der Waals surface area (Å²) in [6.07, 6.45) is 2.95. The number of likely N-dealkylation sites (N-methyl/N-ethyl adjacent to an activating group) is 1. The first-order valence-electron chi connectivity index (χ1n) is 8.13. The van der Waals surface area contributed by atoms with Gasteiger partial charge in [0.25, 0.3) is 0 Å². The maximum Gasteiger partial charge on any atom is 0.100 e. The first-order chi connectivity index (χ1) is 11.2. The standard InChI is InChI=1S/C19H23N3S/c1-3-13-22-15-21(2)14-19(18(22)23,16-9-5-4-6-10-16)17-11-7-8-12-20-17/h4-12H,3,13-15H2,1-2H3. The van der Waals surface area contributed by atoms with Gasteiger partial charge in [0, 0.05) is 19.3 Å². The predicted molar refractivity (Wildman–Crippen MR) is 98.6 cm³/mol. The summed E-state index contributed by atoms with van der Waals surface area (Å²) in [7, 11) is 2.16. The third kappa shape index (κ3) is 2.89. The molecule has 0 amide bonds. The highest BCUT2D eigenvalue weighted by Crippen LogP contribution is 2.37. The minimum atomic E-state index is -0.361. The van der Waals surface area contributed by atoms with E-state index in [9.17, 15) is 0 Å². The van der Waals surface area contributed by atoms with Crippen LogP contribution in [0.2, 0.25) is 0 Å².